The number of fused-ring (bicyclic) bond motifs is 1. The average Bonchev–Trinajstić information content (AvgIpc) is 3.68. The number of halogens is 1. The predicted molar refractivity (Wildman–Crippen MR) is 141 cm³/mol. The number of benzene rings is 1. The zero-order valence-electron chi connectivity index (χ0n) is 21.2. The highest BCUT2D eigenvalue weighted by Crippen LogP contribution is 2.31. The van der Waals surface area contributed by atoms with E-state index in [2.05, 4.69) is 26.2 Å². The molecule has 13 nitrogen and oxygen atoms in total. The number of anilines is 1. The Morgan fingerprint density at radius 3 is 2.52 bits per heavy atom. The molecule has 2 aromatic heterocycles. The molecule has 1 fully saturated rings. The molecule has 3 aromatic rings. The smallest absolute Gasteiger partial charge is 0.348 e. The van der Waals surface area contributed by atoms with E-state index >= 15 is 0 Å². The molecule has 1 aliphatic rings. The van der Waals surface area contributed by atoms with Crippen LogP contribution in [-0.4, -0.2) is 89.5 Å². The van der Waals surface area contributed by atoms with Crippen molar-refractivity contribution in [3.63, 3.8) is 0 Å². The molecular weight excluding hydrogens is 546 g/mol. The monoisotopic (exact) mass is 573 g/mol. The summed E-state index contributed by atoms with van der Waals surface area (Å²) >= 11 is 6.14. The van der Waals surface area contributed by atoms with Crippen LogP contribution in [0.25, 0.3) is 11.2 Å². The zero-order chi connectivity index (χ0) is 28.9. The fraction of sp³-hybridized carbons (Fsp3) is 0.423. The molecule has 0 spiro atoms. The van der Waals surface area contributed by atoms with Gasteiger partial charge in [0.1, 0.15) is 6.10 Å². The quantitative estimate of drug-likeness (QED) is 0.0997. The van der Waals surface area contributed by atoms with E-state index in [4.69, 9.17) is 27.5 Å². The number of carboxylic acid groups (broad SMARTS) is 2. The molecule has 212 valence electrons. The summed E-state index contributed by atoms with van der Waals surface area (Å²) in [6, 6.07) is 8.09. The Morgan fingerprint density at radius 1 is 1.23 bits per heavy atom. The molecule has 3 atom stereocenters. The van der Waals surface area contributed by atoms with Crippen molar-refractivity contribution in [3.05, 3.63) is 47.5 Å². The van der Waals surface area contributed by atoms with Crippen molar-refractivity contribution in [2.75, 3.05) is 25.1 Å². The second kappa shape index (κ2) is 12.6. The van der Waals surface area contributed by atoms with Crippen LogP contribution >= 0.6 is 11.6 Å². The molecule has 1 aromatic carbocycles. The number of aliphatic hydroxyl groups excluding tert-OH is 2. The molecular formula is C26H28ClN5O8. The van der Waals surface area contributed by atoms with Gasteiger partial charge in [-0.05, 0) is 35.9 Å². The van der Waals surface area contributed by atoms with Crippen molar-refractivity contribution in [1.29, 1.82) is 0 Å². The van der Waals surface area contributed by atoms with Crippen LogP contribution < -0.4 is 5.32 Å². The third-order valence-electron chi connectivity index (χ3n) is 6.40. The number of nitrogens with zero attached hydrogens (tertiary/aromatic N) is 4. The number of hydrogen-bond acceptors (Lipinski definition) is 10. The first-order chi connectivity index (χ1) is 19.2. The maximum atomic E-state index is 12.1. The highest BCUT2D eigenvalue weighted by molar-refractivity contribution is 6.28. The predicted octanol–water partition coefficient (Wildman–Crippen LogP) is 1.34. The van der Waals surface area contributed by atoms with Gasteiger partial charge in [0.05, 0.1) is 19.5 Å². The number of nitrogens with one attached hydrogen (secondary N) is 1. The molecule has 4 rings (SSSR count). The summed E-state index contributed by atoms with van der Waals surface area (Å²) < 4.78 is 12.6. The van der Waals surface area contributed by atoms with Crippen LogP contribution in [0.3, 0.4) is 0 Å². The van der Waals surface area contributed by atoms with Crippen molar-refractivity contribution >= 4 is 40.5 Å². The minimum atomic E-state index is -2.68. The van der Waals surface area contributed by atoms with Crippen LogP contribution in [0.15, 0.2) is 36.7 Å². The molecule has 5 N–H and O–H groups in total. The number of hydrogen-bond donors (Lipinski definition) is 5. The number of aliphatic hydroxyl groups is 2. The van der Waals surface area contributed by atoms with Gasteiger partial charge in [-0.1, -0.05) is 36.3 Å². The van der Waals surface area contributed by atoms with Crippen LogP contribution in [-0.2, 0) is 25.5 Å². The maximum Gasteiger partial charge on any atom is 0.348 e. The van der Waals surface area contributed by atoms with E-state index in [0.717, 1.165) is 12.8 Å². The van der Waals surface area contributed by atoms with E-state index in [1.54, 1.807) is 30.3 Å². The van der Waals surface area contributed by atoms with Gasteiger partial charge in [0, 0.05) is 13.0 Å². The van der Waals surface area contributed by atoms with E-state index in [1.165, 1.54) is 10.9 Å². The number of ether oxygens (including phenoxy) is 2. The van der Waals surface area contributed by atoms with Crippen molar-refractivity contribution < 1.29 is 39.5 Å². The Balaban J connectivity index is 1.58. The first-order valence-corrected chi connectivity index (χ1v) is 12.8. The van der Waals surface area contributed by atoms with Gasteiger partial charge in [-0.15, -0.1) is 6.42 Å². The SMILES string of the molecule is C#C[C@@H](O)[C@@H](O[C@@H](CO)COC(Cc1ccccc1)(C(=O)O)C(=O)O)n1cnc2c(NCC3CC3)nc(Cl)nc21. The first kappa shape index (κ1) is 29.2. The molecule has 40 heavy (non-hydrogen) atoms. The lowest BCUT2D eigenvalue weighted by Crippen LogP contribution is -2.52. The normalized spacial score (nSPS) is 15.8. The van der Waals surface area contributed by atoms with Crippen LogP contribution in [0.4, 0.5) is 5.82 Å². The molecule has 0 aliphatic heterocycles. The van der Waals surface area contributed by atoms with Crippen LogP contribution in [0.2, 0.25) is 5.28 Å². The zero-order valence-corrected chi connectivity index (χ0v) is 21.9. The number of aromatic nitrogens is 4. The number of carboxylic acids is 2. The summed E-state index contributed by atoms with van der Waals surface area (Å²) in [5.41, 5.74) is -1.77. The number of imidazole rings is 1. The highest BCUT2D eigenvalue weighted by Gasteiger charge is 2.49. The molecule has 0 bridgehead atoms. The maximum absolute atomic E-state index is 12.1. The van der Waals surface area contributed by atoms with Crippen LogP contribution in [0.5, 0.6) is 0 Å². The fourth-order valence-corrected chi connectivity index (χ4v) is 4.17. The topological polar surface area (TPSA) is 189 Å². The Kier molecular flexibility index (Phi) is 9.18. The molecule has 0 saturated heterocycles. The fourth-order valence-electron chi connectivity index (χ4n) is 4.00. The second-order valence-corrected chi connectivity index (χ2v) is 9.68. The number of aliphatic carboxylic acids is 2. The molecule has 0 unspecified atom stereocenters. The van der Waals surface area contributed by atoms with Gasteiger partial charge in [0.2, 0.25) is 5.28 Å². The van der Waals surface area contributed by atoms with Crippen LogP contribution in [0.1, 0.15) is 24.6 Å². The molecule has 14 heteroatoms. The van der Waals surface area contributed by atoms with Crippen molar-refractivity contribution in [2.24, 2.45) is 5.92 Å². The third kappa shape index (κ3) is 6.49. The van der Waals surface area contributed by atoms with Gasteiger partial charge in [-0.25, -0.2) is 14.6 Å². The summed E-state index contributed by atoms with van der Waals surface area (Å²) in [4.78, 5) is 36.9. The second-order valence-electron chi connectivity index (χ2n) is 9.34. The Bertz CT molecular complexity index is 1380. The van der Waals surface area contributed by atoms with Crippen LogP contribution in [0, 0.1) is 18.3 Å². The minimum Gasteiger partial charge on any atom is -0.479 e. The van der Waals surface area contributed by atoms with Gasteiger partial charge < -0.3 is 35.2 Å². The van der Waals surface area contributed by atoms with Gasteiger partial charge in [-0.2, -0.15) is 9.97 Å². The van der Waals surface area contributed by atoms with E-state index in [1.807, 2.05) is 0 Å². The standard InChI is InChI=1S/C26H28ClN5O8/c1-2-18(34)22(32-14-29-19-20(28-11-16-8-9-16)30-25(27)31-21(19)32)40-17(12-33)13-39-26(23(35)36,24(37)38)10-15-6-4-3-5-7-15/h1,3-7,14,16-18,22,33-34H,8-13H2,(H,35,36)(H,37,38)(H,28,30,31)/t17-,18+,22+/m0/s1. The Morgan fingerprint density at radius 2 is 1.93 bits per heavy atom. The summed E-state index contributed by atoms with van der Waals surface area (Å²) in [7, 11) is 0. The molecule has 0 radical (unpaired) electrons. The molecule has 1 saturated carbocycles. The van der Waals surface area contributed by atoms with Crippen molar-refractivity contribution in [1.82, 2.24) is 19.5 Å². The summed E-state index contributed by atoms with van der Waals surface area (Å²) in [6.45, 7) is -0.735. The molecule has 1 aliphatic carbocycles. The summed E-state index contributed by atoms with van der Waals surface area (Å²) in [6.07, 6.45) is 4.18. The largest absolute Gasteiger partial charge is 0.479 e. The van der Waals surface area contributed by atoms with Gasteiger partial charge in [0.15, 0.2) is 29.3 Å². The van der Waals surface area contributed by atoms with E-state index in [9.17, 15) is 30.0 Å². The first-order valence-electron chi connectivity index (χ1n) is 12.4. The lowest BCUT2D eigenvalue weighted by Gasteiger charge is -2.30. The van der Waals surface area contributed by atoms with Gasteiger partial charge in [0.25, 0.3) is 5.60 Å². The highest BCUT2D eigenvalue weighted by atomic mass is 35.5. The van der Waals surface area contributed by atoms with E-state index in [0.29, 0.717) is 29.4 Å². The average molecular weight is 574 g/mol. The number of terminal acetylenes is 1. The third-order valence-corrected chi connectivity index (χ3v) is 6.57. The number of carbonyl (C=O) groups is 2. The van der Waals surface area contributed by atoms with E-state index < -0.39 is 55.6 Å². The Hall–Kier alpha value is -3.80. The molecule has 2 heterocycles. The summed E-state index contributed by atoms with van der Waals surface area (Å²) in [5, 5.41) is 43.4. The lowest BCUT2D eigenvalue weighted by molar-refractivity contribution is -0.195. The van der Waals surface area contributed by atoms with Gasteiger partial charge >= 0.3 is 11.9 Å². The molecule has 0 amide bonds. The van der Waals surface area contributed by atoms with E-state index in [-0.39, 0.29) is 10.9 Å². The minimum absolute atomic E-state index is 0.0999. The lowest BCUT2D eigenvalue weighted by atomic mass is 9.94. The number of rotatable bonds is 15. The van der Waals surface area contributed by atoms with Gasteiger partial charge in [-0.3, -0.25) is 4.57 Å². The Labute approximate surface area is 233 Å². The van der Waals surface area contributed by atoms with Crippen molar-refractivity contribution in [2.45, 2.75) is 43.3 Å². The van der Waals surface area contributed by atoms with Crippen molar-refractivity contribution in [3.8, 4) is 12.3 Å². The summed E-state index contributed by atoms with van der Waals surface area (Å²) in [5.74, 6) is -0.420.